The predicted octanol–water partition coefficient (Wildman–Crippen LogP) is 0.306. The lowest BCUT2D eigenvalue weighted by Crippen LogP contribution is -2.47. The summed E-state index contributed by atoms with van der Waals surface area (Å²) in [5, 5.41) is 2.97. The average molecular weight is 317 g/mol. The van der Waals surface area contributed by atoms with Gasteiger partial charge in [-0.15, -0.1) is 0 Å². The molecule has 1 aliphatic heterocycles. The van der Waals surface area contributed by atoms with Gasteiger partial charge in [0.2, 0.25) is 15.9 Å². The largest absolute Gasteiger partial charge is 0.355 e. The van der Waals surface area contributed by atoms with Gasteiger partial charge >= 0.3 is 0 Å². The topological polar surface area (TPSA) is 78.5 Å². The molecule has 1 amide bonds. The first kappa shape index (κ1) is 16.7. The van der Waals surface area contributed by atoms with Crippen LogP contribution in [-0.4, -0.2) is 57.2 Å². The van der Waals surface area contributed by atoms with Crippen molar-refractivity contribution < 1.29 is 13.2 Å². The molecule has 0 aromatic heterocycles. The van der Waals surface area contributed by atoms with Gasteiger partial charge in [-0.05, 0) is 58.0 Å². The Morgan fingerprint density at radius 1 is 1.24 bits per heavy atom. The molecule has 0 aromatic rings. The normalized spacial score (nSPS) is 21.4. The van der Waals surface area contributed by atoms with Crippen molar-refractivity contribution in [2.24, 2.45) is 5.92 Å². The molecule has 0 radical (unpaired) electrons. The van der Waals surface area contributed by atoms with Crippen molar-refractivity contribution in [2.45, 2.75) is 45.1 Å². The first-order valence-electron chi connectivity index (χ1n) is 8.02. The summed E-state index contributed by atoms with van der Waals surface area (Å²) in [7, 11) is -3.12. The Morgan fingerprint density at radius 3 is 2.48 bits per heavy atom. The van der Waals surface area contributed by atoms with E-state index in [4.69, 9.17) is 0 Å². The van der Waals surface area contributed by atoms with Crippen LogP contribution in [0.1, 0.15) is 39.0 Å². The Balaban J connectivity index is 1.68. The van der Waals surface area contributed by atoms with Crippen molar-refractivity contribution in [2.75, 3.05) is 31.9 Å². The minimum absolute atomic E-state index is 0.0415. The summed E-state index contributed by atoms with van der Waals surface area (Å²) in [5.41, 5.74) is 0. The van der Waals surface area contributed by atoms with Crippen molar-refractivity contribution in [3.05, 3.63) is 0 Å². The standard InChI is InChI=1S/C14H27N3O3S/c1-2-21(19,20)16-9-5-8-15-14(18)13(12-6-7-12)17-10-3-4-11-17/h12-13,16H,2-11H2,1H3,(H,15,18). The first-order valence-corrected chi connectivity index (χ1v) is 9.68. The molecule has 2 fully saturated rings. The SMILES string of the molecule is CCS(=O)(=O)NCCCNC(=O)C(C1CC1)N1CCCC1. The van der Waals surface area contributed by atoms with Crippen LogP contribution in [-0.2, 0) is 14.8 Å². The van der Waals surface area contributed by atoms with Gasteiger partial charge in [0.25, 0.3) is 0 Å². The quantitative estimate of drug-likeness (QED) is 0.600. The van der Waals surface area contributed by atoms with Crippen LogP contribution in [0.15, 0.2) is 0 Å². The van der Waals surface area contributed by atoms with E-state index in [0.29, 0.717) is 25.4 Å². The summed E-state index contributed by atoms with van der Waals surface area (Å²) in [6.07, 6.45) is 5.32. The molecule has 1 aliphatic carbocycles. The smallest absolute Gasteiger partial charge is 0.237 e. The van der Waals surface area contributed by atoms with Crippen LogP contribution in [0.4, 0.5) is 0 Å². The average Bonchev–Trinajstić information content (AvgIpc) is 3.13. The lowest BCUT2D eigenvalue weighted by Gasteiger charge is -2.26. The van der Waals surface area contributed by atoms with E-state index in [1.165, 1.54) is 12.8 Å². The molecule has 0 bridgehead atoms. The molecular weight excluding hydrogens is 290 g/mol. The lowest BCUT2D eigenvalue weighted by atomic mass is 10.1. The van der Waals surface area contributed by atoms with E-state index in [9.17, 15) is 13.2 Å². The number of rotatable bonds is 9. The van der Waals surface area contributed by atoms with Gasteiger partial charge in [0.15, 0.2) is 0 Å². The second-order valence-electron chi connectivity index (χ2n) is 5.97. The maximum atomic E-state index is 12.3. The van der Waals surface area contributed by atoms with Gasteiger partial charge in [0, 0.05) is 13.1 Å². The number of nitrogens with zero attached hydrogens (tertiary/aromatic N) is 1. The maximum Gasteiger partial charge on any atom is 0.237 e. The Bertz CT molecular complexity index is 442. The van der Waals surface area contributed by atoms with Gasteiger partial charge in [0.05, 0.1) is 11.8 Å². The second kappa shape index (κ2) is 7.56. The minimum Gasteiger partial charge on any atom is -0.355 e. The number of nitrogens with one attached hydrogen (secondary N) is 2. The number of sulfonamides is 1. The monoisotopic (exact) mass is 317 g/mol. The highest BCUT2D eigenvalue weighted by Crippen LogP contribution is 2.36. The van der Waals surface area contributed by atoms with E-state index in [2.05, 4.69) is 14.9 Å². The fourth-order valence-corrected chi connectivity index (χ4v) is 3.50. The summed E-state index contributed by atoms with van der Waals surface area (Å²) < 4.78 is 25.1. The Labute approximate surface area is 127 Å². The zero-order valence-corrected chi connectivity index (χ0v) is 13.6. The van der Waals surface area contributed by atoms with Crippen LogP contribution >= 0.6 is 0 Å². The van der Waals surface area contributed by atoms with Gasteiger partial charge in [-0.25, -0.2) is 13.1 Å². The van der Waals surface area contributed by atoms with Gasteiger partial charge < -0.3 is 5.32 Å². The van der Waals surface area contributed by atoms with E-state index in [-0.39, 0.29) is 17.7 Å². The van der Waals surface area contributed by atoms with Crippen molar-refractivity contribution >= 4 is 15.9 Å². The number of likely N-dealkylation sites (tertiary alicyclic amines) is 1. The van der Waals surface area contributed by atoms with Crippen molar-refractivity contribution in [1.82, 2.24) is 14.9 Å². The summed E-state index contributed by atoms with van der Waals surface area (Å²) >= 11 is 0. The number of hydrogen-bond acceptors (Lipinski definition) is 4. The molecule has 2 aliphatic rings. The first-order chi connectivity index (χ1) is 10.0. The number of carbonyl (C=O) groups excluding carboxylic acids is 1. The fourth-order valence-electron chi connectivity index (χ4n) is 2.84. The molecule has 1 saturated carbocycles. The Morgan fingerprint density at radius 2 is 1.90 bits per heavy atom. The third-order valence-corrected chi connectivity index (χ3v) is 5.63. The maximum absolute atomic E-state index is 12.3. The molecule has 1 unspecified atom stereocenters. The zero-order valence-electron chi connectivity index (χ0n) is 12.8. The molecule has 2 rings (SSSR count). The van der Waals surface area contributed by atoms with E-state index >= 15 is 0 Å². The summed E-state index contributed by atoms with van der Waals surface area (Å²) in [4.78, 5) is 14.6. The lowest BCUT2D eigenvalue weighted by molar-refractivity contribution is -0.126. The number of hydrogen-bond donors (Lipinski definition) is 2. The van der Waals surface area contributed by atoms with Crippen LogP contribution in [0.25, 0.3) is 0 Å². The molecular formula is C14H27N3O3S. The third kappa shape index (κ3) is 5.23. The van der Waals surface area contributed by atoms with E-state index < -0.39 is 10.0 Å². The molecule has 0 spiro atoms. The van der Waals surface area contributed by atoms with Crippen molar-refractivity contribution in [1.29, 1.82) is 0 Å². The van der Waals surface area contributed by atoms with Crippen LogP contribution in [0, 0.1) is 5.92 Å². The highest BCUT2D eigenvalue weighted by atomic mass is 32.2. The zero-order chi connectivity index (χ0) is 15.3. The molecule has 2 N–H and O–H groups in total. The summed E-state index contributed by atoms with van der Waals surface area (Å²) in [6.45, 7) is 4.59. The molecule has 21 heavy (non-hydrogen) atoms. The van der Waals surface area contributed by atoms with Crippen LogP contribution < -0.4 is 10.0 Å². The van der Waals surface area contributed by atoms with Gasteiger partial charge in [0.1, 0.15) is 0 Å². The molecule has 122 valence electrons. The minimum atomic E-state index is -3.12. The van der Waals surface area contributed by atoms with Gasteiger partial charge in [-0.1, -0.05) is 0 Å². The summed E-state index contributed by atoms with van der Waals surface area (Å²) in [6, 6.07) is 0.0415. The van der Waals surface area contributed by atoms with Gasteiger partial charge in [-0.3, -0.25) is 9.69 Å². The molecule has 1 atom stereocenters. The molecule has 7 heteroatoms. The van der Waals surface area contributed by atoms with Crippen LogP contribution in [0.5, 0.6) is 0 Å². The van der Waals surface area contributed by atoms with E-state index in [1.54, 1.807) is 6.92 Å². The molecule has 0 aromatic carbocycles. The van der Waals surface area contributed by atoms with Crippen LogP contribution in [0.3, 0.4) is 0 Å². The van der Waals surface area contributed by atoms with Gasteiger partial charge in [-0.2, -0.15) is 0 Å². The fraction of sp³-hybridized carbons (Fsp3) is 0.929. The van der Waals surface area contributed by atoms with Crippen molar-refractivity contribution in [3.8, 4) is 0 Å². The van der Waals surface area contributed by atoms with Crippen molar-refractivity contribution in [3.63, 3.8) is 0 Å². The molecule has 6 nitrogen and oxygen atoms in total. The van der Waals surface area contributed by atoms with Crippen LogP contribution in [0.2, 0.25) is 0 Å². The number of amides is 1. The second-order valence-corrected chi connectivity index (χ2v) is 8.06. The third-order valence-electron chi connectivity index (χ3n) is 4.23. The van der Waals surface area contributed by atoms with E-state index in [0.717, 1.165) is 25.9 Å². The Hall–Kier alpha value is -0.660. The highest BCUT2D eigenvalue weighted by Gasteiger charge is 2.40. The summed E-state index contributed by atoms with van der Waals surface area (Å²) in [5.74, 6) is 0.748. The number of carbonyl (C=O) groups is 1. The highest BCUT2D eigenvalue weighted by molar-refractivity contribution is 7.89. The molecule has 1 heterocycles. The Kier molecular flexibility index (Phi) is 6.01. The van der Waals surface area contributed by atoms with E-state index in [1.807, 2.05) is 0 Å². The molecule has 1 saturated heterocycles. The predicted molar refractivity (Wildman–Crippen MR) is 82.4 cm³/mol.